The number of benzene rings is 2. The van der Waals surface area contributed by atoms with Crippen molar-refractivity contribution in [2.24, 2.45) is 4.99 Å². The number of nitrogens with zero attached hydrogens (tertiary/aromatic N) is 2. The molecule has 1 amide bonds. The molecule has 0 saturated heterocycles. The minimum absolute atomic E-state index is 0.00840. The van der Waals surface area contributed by atoms with E-state index < -0.39 is 45.9 Å². The lowest BCUT2D eigenvalue weighted by Gasteiger charge is -2.13. The van der Waals surface area contributed by atoms with Crippen LogP contribution in [0, 0.1) is 23.3 Å². The highest BCUT2D eigenvalue weighted by atomic mass is 35.5. The van der Waals surface area contributed by atoms with Gasteiger partial charge in [-0.2, -0.15) is 4.99 Å². The first-order valence-corrected chi connectivity index (χ1v) is 9.30. The number of fused-ring (bicyclic) bond motifs is 1. The maximum atomic E-state index is 14.2. The van der Waals surface area contributed by atoms with Gasteiger partial charge in [0.25, 0.3) is 5.91 Å². The zero-order valence-corrected chi connectivity index (χ0v) is 16.1. The van der Waals surface area contributed by atoms with Gasteiger partial charge < -0.3 is 9.67 Å². The van der Waals surface area contributed by atoms with Crippen LogP contribution in [-0.2, 0) is 4.79 Å². The number of hydrogen-bond donors (Lipinski definition) is 1. The fraction of sp³-hybridized carbons (Fsp3) is 0.167. The number of halogens is 5. The Hall–Kier alpha value is -2.72. The van der Waals surface area contributed by atoms with Gasteiger partial charge in [-0.15, -0.1) is 0 Å². The molecule has 1 aromatic heterocycles. The van der Waals surface area contributed by atoms with Crippen LogP contribution in [-0.4, -0.2) is 21.6 Å². The maximum absolute atomic E-state index is 14.2. The summed E-state index contributed by atoms with van der Waals surface area (Å²) < 4.78 is 55.5. The molecule has 0 aliphatic heterocycles. The lowest BCUT2D eigenvalue weighted by Crippen LogP contribution is -2.27. The van der Waals surface area contributed by atoms with Crippen LogP contribution in [0.5, 0.6) is 0 Å². The quantitative estimate of drug-likeness (QED) is 0.467. The molecule has 0 spiro atoms. The van der Waals surface area contributed by atoms with Crippen molar-refractivity contribution in [1.29, 1.82) is 0 Å². The van der Waals surface area contributed by atoms with Gasteiger partial charge in [-0.05, 0) is 24.6 Å². The molecule has 1 N–H and O–H groups in total. The summed E-state index contributed by atoms with van der Waals surface area (Å²) in [5.74, 6) is -7.77. The molecule has 0 fully saturated rings. The smallest absolute Gasteiger partial charge is 0.326 e. The Balaban J connectivity index is 2.32. The molecule has 0 radical (unpaired) electrons. The number of thiazole rings is 1. The maximum Gasteiger partial charge on any atom is 0.326 e. The SMILES string of the molecule is CCC(C(=O)O)n1c(=NC(=O)c2ccc(F)c(Cl)c2)sc2c(F)c(F)c(F)cc21. The molecular weight excluding hydrogens is 436 g/mol. The van der Waals surface area contributed by atoms with E-state index in [1.54, 1.807) is 0 Å². The second-order valence-electron chi connectivity index (χ2n) is 5.90. The van der Waals surface area contributed by atoms with Crippen LogP contribution in [0.25, 0.3) is 10.2 Å². The summed E-state index contributed by atoms with van der Waals surface area (Å²) >= 11 is 6.13. The number of carboxylic acid groups (broad SMARTS) is 1. The van der Waals surface area contributed by atoms with E-state index in [-0.39, 0.29) is 27.3 Å². The number of hydrogen-bond acceptors (Lipinski definition) is 3. The molecule has 1 heterocycles. The van der Waals surface area contributed by atoms with Crippen LogP contribution in [0.4, 0.5) is 17.6 Å². The number of carboxylic acids is 1. The Morgan fingerprint density at radius 1 is 1.17 bits per heavy atom. The van der Waals surface area contributed by atoms with E-state index in [1.165, 1.54) is 6.92 Å². The van der Waals surface area contributed by atoms with E-state index in [0.29, 0.717) is 17.4 Å². The van der Waals surface area contributed by atoms with Gasteiger partial charge >= 0.3 is 5.97 Å². The van der Waals surface area contributed by atoms with Crippen LogP contribution < -0.4 is 4.80 Å². The predicted molar refractivity (Wildman–Crippen MR) is 98.0 cm³/mol. The highest BCUT2D eigenvalue weighted by molar-refractivity contribution is 7.16. The van der Waals surface area contributed by atoms with Gasteiger partial charge in [0.05, 0.1) is 15.2 Å². The lowest BCUT2D eigenvalue weighted by atomic mass is 10.2. The number of amides is 1. The average Bonchev–Trinajstić information content (AvgIpc) is 3.00. The van der Waals surface area contributed by atoms with Crippen molar-refractivity contribution in [2.75, 3.05) is 0 Å². The van der Waals surface area contributed by atoms with Gasteiger partial charge in [0.15, 0.2) is 22.3 Å². The molecule has 29 heavy (non-hydrogen) atoms. The Morgan fingerprint density at radius 3 is 2.45 bits per heavy atom. The van der Waals surface area contributed by atoms with Crippen molar-refractivity contribution < 1.29 is 32.3 Å². The second kappa shape index (κ2) is 7.96. The summed E-state index contributed by atoms with van der Waals surface area (Å²) in [4.78, 5) is 27.6. The number of carbonyl (C=O) groups is 2. The highest BCUT2D eigenvalue weighted by Gasteiger charge is 2.26. The molecule has 0 bridgehead atoms. The molecule has 0 aliphatic rings. The normalized spacial score (nSPS) is 13.1. The van der Waals surface area contributed by atoms with Crippen LogP contribution in [0.2, 0.25) is 5.02 Å². The summed E-state index contributed by atoms with van der Waals surface area (Å²) in [5.41, 5.74) is -0.369. The van der Waals surface area contributed by atoms with Crippen LogP contribution in [0.3, 0.4) is 0 Å². The third kappa shape index (κ3) is 3.77. The first-order chi connectivity index (χ1) is 13.6. The molecule has 3 rings (SSSR count). The van der Waals surface area contributed by atoms with E-state index >= 15 is 0 Å². The average molecular weight is 447 g/mol. The molecule has 152 valence electrons. The van der Waals surface area contributed by atoms with Crippen molar-refractivity contribution in [2.45, 2.75) is 19.4 Å². The van der Waals surface area contributed by atoms with Crippen LogP contribution in [0.1, 0.15) is 29.7 Å². The standard InChI is InChI=1S/C18H11ClF4N2O3S/c1-2-11(17(27)28)25-12-6-10(21)13(22)14(23)15(12)29-18(25)24-16(26)7-3-4-9(20)8(19)5-7/h3-6,11H,2H2,1H3,(H,27,28). The molecule has 1 unspecified atom stereocenters. The first-order valence-electron chi connectivity index (χ1n) is 8.11. The van der Waals surface area contributed by atoms with Crippen LogP contribution in [0.15, 0.2) is 29.3 Å². The molecule has 0 saturated carbocycles. The predicted octanol–water partition coefficient (Wildman–Crippen LogP) is 4.69. The van der Waals surface area contributed by atoms with E-state index in [1.807, 2.05) is 0 Å². The lowest BCUT2D eigenvalue weighted by molar-refractivity contribution is -0.140. The minimum Gasteiger partial charge on any atom is -0.480 e. The molecule has 2 aromatic carbocycles. The second-order valence-corrected chi connectivity index (χ2v) is 7.28. The number of aromatic nitrogens is 1. The largest absolute Gasteiger partial charge is 0.480 e. The summed E-state index contributed by atoms with van der Waals surface area (Å²) in [6, 6.07) is 2.40. The van der Waals surface area contributed by atoms with E-state index in [4.69, 9.17) is 11.6 Å². The van der Waals surface area contributed by atoms with Crippen molar-refractivity contribution >= 4 is 45.0 Å². The van der Waals surface area contributed by atoms with Crippen molar-refractivity contribution in [1.82, 2.24) is 4.57 Å². The molecule has 5 nitrogen and oxygen atoms in total. The Kier molecular flexibility index (Phi) is 5.76. The van der Waals surface area contributed by atoms with Crippen molar-refractivity contribution in [3.8, 4) is 0 Å². The van der Waals surface area contributed by atoms with Crippen molar-refractivity contribution in [3.63, 3.8) is 0 Å². The topological polar surface area (TPSA) is 71.7 Å². The van der Waals surface area contributed by atoms with Gasteiger partial charge in [-0.1, -0.05) is 29.9 Å². The summed E-state index contributed by atoms with van der Waals surface area (Å²) in [7, 11) is 0. The van der Waals surface area contributed by atoms with Crippen LogP contribution >= 0.6 is 22.9 Å². The molecule has 3 aromatic rings. The minimum atomic E-state index is -1.72. The van der Waals surface area contributed by atoms with E-state index in [0.717, 1.165) is 22.8 Å². The first kappa shape index (κ1) is 21.0. The molecule has 11 heteroatoms. The van der Waals surface area contributed by atoms with Gasteiger partial charge in [-0.3, -0.25) is 4.79 Å². The zero-order valence-electron chi connectivity index (χ0n) is 14.6. The number of carbonyl (C=O) groups excluding carboxylic acids is 1. The Labute approximate surface area is 169 Å². The summed E-state index contributed by atoms with van der Waals surface area (Å²) in [6.45, 7) is 1.51. The zero-order chi connectivity index (χ0) is 21.5. The Bertz CT molecular complexity index is 1220. The fourth-order valence-electron chi connectivity index (χ4n) is 2.71. The molecule has 0 aliphatic carbocycles. The van der Waals surface area contributed by atoms with E-state index in [2.05, 4.69) is 4.99 Å². The summed E-state index contributed by atoms with van der Waals surface area (Å²) in [5, 5.41) is 9.15. The van der Waals surface area contributed by atoms with Crippen molar-refractivity contribution in [3.05, 3.63) is 62.9 Å². The number of aliphatic carboxylic acids is 1. The van der Waals surface area contributed by atoms with Gasteiger partial charge in [0.2, 0.25) is 0 Å². The highest BCUT2D eigenvalue weighted by Crippen LogP contribution is 2.28. The third-order valence-electron chi connectivity index (χ3n) is 4.10. The molecule has 1 atom stereocenters. The summed E-state index contributed by atoms with van der Waals surface area (Å²) in [6.07, 6.45) is -0.00840. The van der Waals surface area contributed by atoms with Gasteiger partial charge in [0.1, 0.15) is 11.9 Å². The van der Waals surface area contributed by atoms with Gasteiger partial charge in [-0.25, -0.2) is 22.4 Å². The van der Waals surface area contributed by atoms with Gasteiger partial charge in [0, 0.05) is 11.6 Å². The number of rotatable bonds is 4. The Morgan fingerprint density at radius 2 is 1.86 bits per heavy atom. The fourth-order valence-corrected chi connectivity index (χ4v) is 3.97. The molecular formula is C18H11ClF4N2O3S. The van der Waals surface area contributed by atoms with E-state index in [9.17, 15) is 32.3 Å². The third-order valence-corrected chi connectivity index (χ3v) is 5.46. The monoisotopic (exact) mass is 446 g/mol.